The van der Waals surface area contributed by atoms with Crippen molar-refractivity contribution < 1.29 is 0 Å². The Bertz CT molecular complexity index is 428. The summed E-state index contributed by atoms with van der Waals surface area (Å²) in [7, 11) is 0. The van der Waals surface area contributed by atoms with Crippen LogP contribution in [0.4, 0.5) is 0 Å². The minimum absolute atomic E-state index is 0.668. The van der Waals surface area contributed by atoms with E-state index in [1.807, 2.05) is 0 Å². The third-order valence-electron chi connectivity index (χ3n) is 3.14. The Kier molecular flexibility index (Phi) is 3.10. The molecule has 1 aromatic heterocycles. The maximum absolute atomic E-state index is 3.35. The number of hydrogen-bond acceptors (Lipinski definition) is 0. The van der Waals surface area contributed by atoms with Gasteiger partial charge in [0.1, 0.15) is 0 Å². The molecule has 1 heteroatoms. The van der Waals surface area contributed by atoms with Crippen LogP contribution in [-0.4, -0.2) is 4.98 Å². The lowest BCUT2D eigenvalue weighted by Crippen LogP contribution is -1.91. The van der Waals surface area contributed by atoms with Gasteiger partial charge in [0.2, 0.25) is 0 Å². The summed E-state index contributed by atoms with van der Waals surface area (Å²) in [5.41, 5.74) is 2.73. The standard InChI is InChI=1S/C14H19N/c1-3-4-7-11(2)13-10-15-14-9-6-5-8-12(13)14/h5-6,8-11,15H,3-4,7H2,1-2H3. The van der Waals surface area contributed by atoms with Gasteiger partial charge in [-0.15, -0.1) is 0 Å². The molecule has 0 aliphatic carbocycles. The first-order valence-corrected chi connectivity index (χ1v) is 5.89. The summed E-state index contributed by atoms with van der Waals surface area (Å²) in [4.78, 5) is 3.35. The van der Waals surface area contributed by atoms with Crippen LogP contribution < -0.4 is 0 Å². The number of aromatic amines is 1. The first-order valence-electron chi connectivity index (χ1n) is 5.89. The number of para-hydroxylation sites is 1. The Morgan fingerprint density at radius 1 is 1.27 bits per heavy atom. The molecule has 1 N–H and O–H groups in total. The highest BCUT2D eigenvalue weighted by molar-refractivity contribution is 5.83. The summed E-state index contributed by atoms with van der Waals surface area (Å²) in [6.07, 6.45) is 6.07. The SMILES string of the molecule is CCCCC(C)c1c[nH]c2ccccc12. The second-order valence-electron chi connectivity index (χ2n) is 4.33. The third kappa shape index (κ3) is 2.06. The lowest BCUT2D eigenvalue weighted by Gasteiger charge is -2.09. The van der Waals surface area contributed by atoms with E-state index in [0.717, 1.165) is 0 Å². The fraction of sp³-hybridized carbons (Fsp3) is 0.429. The van der Waals surface area contributed by atoms with Crippen molar-refractivity contribution in [3.05, 3.63) is 36.0 Å². The van der Waals surface area contributed by atoms with Crippen LogP contribution in [0.15, 0.2) is 30.5 Å². The van der Waals surface area contributed by atoms with Gasteiger partial charge in [0.25, 0.3) is 0 Å². The predicted molar refractivity (Wildman–Crippen MR) is 66.2 cm³/mol. The van der Waals surface area contributed by atoms with Crippen LogP contribution in [0.25, 0.3) is 10.9 Å². The molecule has 2 rings (SSSR count). The molecule has 0 radical (unpaired) electrons. The van der Waals surface area contributed by atoms with Gasteiger partial charge in [-0.1, -0.05) is 44.9 Å². The molecule has 1 atom stereocenters. The van der Waals surface area contributed by atoms with Gasteiger partial charge < -0.3 is 4.98 Å². The first-order chi connectivity index (χ1) is 7.33. The molecule has 1 heterocycles. The average Bonchev–Trinajstić information content (AvgIpc) is 2.69. The zero-order valence-electron chi connectivity index (χ0n) is 9.59. The van der Waals surface area contributed by atoms with E-state index >= 15 is 0 Å². The Labute approximate surface area is 91.5 Å². The largest absolute Gasteiger partial charge is 0.361 e. The van der Waals surface area contributed by atoms with Crippen LogP contribution in [-0.2, 0) is 0 Å². The fourth-order valence-corrected chi connectivity index (χ4v) is 2.17. The second-order valence-corrected chi connectivity index (χ2v) is 4.33. The minimum Gasteiger partial charge on any atom is -0.361 e. The van der Waals surface area contributed by atoms with Gasteiger partial charge >= 0.3 is 0 Å². The van der Waals surface area contributed by atoms with Gasteiger partial charge in [-0.3, -0.25) is 0 Å². The van der Waals surface area contributed by atoms with Gasteiger partial charge in [-0.25, -0.2) is 0 Å². The highest BCUT2D eigenvalue weighted by atomic mass is 14.7. The molecular formula is C14H19N. The van der Waals surface area contributed by atoms with E-state index in [4.69, 9.17) is 0 Å². The average molecular weight is 201 g/mol. The number of unbranched alkanes of at least 4 members (excludes halogenated alkanes) is 1. The third-order valence-corrected chi connectivity index (χ3v) is 3.14. The number of hydrogen-bond donors (Lipinski definition) is 1. The molecule has 15 heavy (non-hydrogen) atoms. The smallest absolute Gasteiger partial charge is 0.0456 e. The molecule has 0 fully saturated rings. The zero-order valence-corrected chi connectivity index (χ0v) is 9.59. The van der Waals surface area contributed by atoms with Gasteiger partial charge in [0.15, 0.2) is 0 Å². The number of rotatable bonds is 4. The molecule has 0 saturated heterocycles. The lowest BCUT2D eigenvalue weighted by molar-refractivity contribution is 0.627. The van der Waals surface area contributed by atoms with E-state index in [0.29, 0.717) is 5.92 Å². The summed E-state index contributed by atoms with van der Waals surface area (Å²) >= 11 is 0. The summed E-state index contributed by atoms with van der Waals surface area (Å²) in [5.74, 6) is 0.668. The molecule has 0 aliphatic rings. The van der Waals surface area contributed by atoms with Gasteiger partial charge in [0.05, 0.1) is 0 Å². The lowest BCUT2D eigenvalue weighted by atomic mass is 9.95. The van der Waals surface area contributed by atoms with Crippen LogP contribution in [0.3, 0.4) is 0 Å². The van der Waals surface area contributed by atoms with Crippen LogP contribution in [0, 0.1) is 0 Å². The number of H-pyrrole nitrogens is 1. The van der Waals surface area contributed by atoms with Gasteiger partial charge in [0, 0.05) is 17.1 Å². The Hall–Kier alpha value is -1.24. The molecule has 0 amide bonds. The molecule has 0 aliphatic heterocycles. The molecule has 80 valence electrons. The van der Waals surface area contributed by atoms with Crippen LogP contribution >= 0.6 is 0 Å². The van der Waals surface area contributed by atoms with E-state index in [-0.39, 0.29) is 0 Å². The summed E-state index contributed by atoms with van der Waals surface area (Å²) in [5, 5.41) is 1.39. The summed E-state index contributed by atoms with van der Waals surface area (Å²) in [6.45, 7) is 4.58. The van der Waals surface area contributed by atoms with Crippen LogP contribution in [0.1, 0.15) is 44.6 Å². The van der Waals surface area contributed by atoms with Crippen molar-refractivity contribution in [1.29, 1.82) is 0 Å². The number of aromatic nitrogens is 1. The number of fused-ring (bicyclic) bond motifs is 1. The van der Waals surface area contributed by atoms with Crippen molar-refractivity contribution in [2.24, 2.45) is 0 Å². The normalized spacial score (nSPS) is 13.2. The molecule has 1 unspecified atom stereocenters. The summed E-state index contributed by atoms with van der Waals surface area (Å²) < 4.78 is 0. The quantitative estimate of drug-likeness (QED) is 0.751. The zero-order chi connectivity index (χ0) is 10.7. The molecule has 1 aromatic carbocycles. The number of nitrogens with one attached hydrogen (secondary N) is 1. The Balaban J connectivity index is 2.27. The predicted octanol–water partition coefficient (Wildman–Crippen LogP) is 4.46. The van der Waals surface area contributed by atoms with E-state index in [1.54, 1.807) is 0 Å². The van der Waals surface area contributed by atoms with E-state index in [1.165, 1.54) is 35.7 Å². The molecule has 2 aromatic rings. The van der Waals surface area contributed by atoms with Crippen LogP contribution in [0.5, 0.6) is 0 Å². The molecule has 0 saturated carbocycles. The van der Waals surface area contributed by atoms with Crippen LogP contribution in [0.2, 0.25) is 0 Å². The van der Waals surface area contributed by atoms with Crippen molar-refractivity contribution >= 4 is 10.9 Å². The fourth-order valence-electron chi connectivity index (χ4n) is 2.17. The van der Waals surface area contributed by atoms with Crippen molar-refractivity contribution in [2.45, 2.75) is 39.0 Å². The summed E-state index contributed by atoms with van der Waals surface area (Å²) in [6, 6.07) is 8.56. The van der Waals surface area contributed by atoms with Crippen molar-refractivity contribution in [3.63, 3.8) is 0 Å². The topological polar surface area (TPSA) is 15.8 Å². The van der Waals surface area contributed by atoms with Crippen molar-refractivity contribution in [3.8, 4) is 0 Å². The minimum atomic E-state index is 0.668. The van der Waals surface area contributed by atoms with Crippen molar-refractivity contribution in [1.82, 2.24) is 4.98 Å². The highest BCUT2D eigenvalue weighted by Gasteiger charge is 2.09. The molecule has 0 spiro atoms. The molecular weight excluding hydrogens is 182 g/mol. The number of benzene rings is 1. The molecule has 1 nitrogen and oxygen atoms in total. The maximum Gasteiger partial charge on any atom is 0.0456 e. The second kappa shape index (κ2) is 4.52. The maximum atomic E-state index is 3.35. The Morgan fingerprint density at radius 2 is 2.07 bits per heavy atom. The van der Waals surface area contributed by atoms with E-state index in [9.17, 15) is 0 Å². The van der Waals surface area contributed by atoms with E-state index < -0.39 is 0 Å². The van der Waals surface area contributed by atoms with Gasteiger partial charge in [-0.05, 0) is 24.0 Å². The van der Waals surface area contributed by atoms with E-state index in [2.05, 4.69) is 49.3 Å². The molecule has 0 bridgehead atoms. The first kappa shape index (κ1) is 10.3. The monoisotopic (exact) mass is 201 g/mol. The van der Waals surface area contributed by atoms with Gasteiger partial charge in [-0.2, -0.15) is 0 Å². The Morgan fingerprint density at radius 3 is 2.87 bits per heavy atom. The highest BCUT2D eigenvalue weighted by Crippen LogP contribution is 2.28. The van der Waals surface area contributed by atoms with Crippen molar-refractivity contribution in [2.75, 3.05) is 0 Å².